The van der Waals surface area contributed by atoms with Crippen LogP contribution in [-0.4, -0.2) is 59.1 Å². The number of nitrogens with one attached hydrogen (secondary N) is 1. The zero-order valence-electron chi connectivity index (χ0n) is 12.9. The molecule has 0 saturated carbocycles. The Labute approximate surface area is 142 Å². The fourth-order valence-electron chi connectivity index (χ4n) is 2.60. The van der Waals surface area contributed by atoms with Crippen molar-refractivity contribution < 1.29 is 38.6 Å². The molecule has 0 saturated heterocycles. The molecule has 1 aromatic heterocycles. The van der Waals surface area contributed by atoms with Gasteiger partial charge in [0, 0.05) is 23.5 Å². The summed E-state index contributed by atoms with van der Waals surface area (Å²) in [7, 11) is -9.46. The Balaban J connectivity index is 2.36. The molecule has 0 aliphatic heterocycles. The summed E-state index contributed by atoms with van der Waals surface area (Å²) in [5, 5.41) is 10.2. The molecule has 0 spiro atoms. The van der Waals surface area contributed by atoms with E-state index in [0.717, 1.165) is 10.9 Å². The molecule has 25 heavy (non-hydrogen) atoms. The van der Waals surface area contributed by atoms with Crippen LogP contribution in [0.15, 0.2) is 30.5 Å². The first-order chi connectivity index (χ1) is 11.5. The molecule has 0 amide bonds. The molecule has 0 radical (unpaired) electrons. The van der Waals surface area contributed by atoms with E-state index in [4.69, 9.17) is 19.6 Å². The number of aromatic amines is 1. The van der Waals surface area contributed by atoms with Crippen molar-refractivity contribution in [2.24, 2.45) is 0 Å². The highest BCUT2D eigenvalue weighted by Gasteiger charge is 2.35. The van der Waals surface area contributed by atoms with Gasteiger partial charge in [-0.1, -0.05) is 18.2 Å². The quantitative estimate of drug-likeness (QED) is 0.354. The summed E-state index contributed by atoms with van der Waals surface area (Å²) in [5.74, 6) is -1.44. The maximum Gasteiger partial charge on any atom is 0.339 e. The Hall–Kier alpha value is -1.51. The van der Waals surface area contributed by atoms with Gasteiger partial charge in [-0.2, -0.15) is 0 Å². The lowest BCUT2D eigenvalue weighted by atomic mass is 10.0. The summed E-state index contributed by atoms with van der Waals surface area (Å²) >= 11 is 0. The van der Waals surface area contributed by atoms with Crippen LogP contribution in [-0.2, 0) is 20.3 Å². The Morgan fingerprint density at radius 3 is 2.16 bits per heavy atom. The van der Waals surface area contributed by atoms with Gasteiger partial charge >= 0.3 is 21.2 Å². The monoisotopic (exact) mass is 392 g/mol. The largest absolute Gasteiger partial charge is 0.480 e. The first-order valence-electron chi connectivity index (χ1n) is 7.07. The van der Waals surface area contributed by atoms with E-state index in [1.54, 1.807) is 30.5 Å². The number of carbonyl (C=O) groups is 1. The van der Waals surface area contributed by atoms with Crippen molar-refractivity contribution in [1.82, 2.24) is 9.88 Å². The molecule has 1 heterocycles. The maximum absolute atomic E-state index is 11.6. The minimum absolute atomic E-state index is 0.181. The average Bonchev–Trinajstić information content (AvgIpc) is 2.83. The fraction of sp³-hybridized carbons (Fsp3) is 0.308. The van der Waals surface area contributed by atoms with Crippen LogP contribution in [0.2, 0.25) is 0 Å². The number of H-pyrrole nitrogens is 1. The third-order valence-electron chi connectivity index (χ3n) is 3.55. The predicted molar refractivity (Wildman–Crippen MR) is 89.1 cm³/mol. The van der Waals surface area contributed by atoms with Gasteiger partial charge in [0.1, 0.15) is 18.6 Å². The molecule has 6 N–H and O–H groups in total. The number of hydrogen-bond donors (Lipinski definition) is 6. The zero-order chi connectivity index (χ0) is 18.8. The molecular weight excluding hydrogens is 374 g/mol. The number of hydrogen-bond acceptors (Lipinski definition) is 4. The number of carboxylic acid groups (broad SMARTS) is 1. The van der Waals surface area contributed by atoms with E-state index in [-0.39, 0.29) is 6.42 Å². The topological polar surface area (TPSA) is 171 Å². The standard InChI is InChI=1S/C13H18N2O8P2/c16-13(17)12(15(7-24(18,19)20)8-25(21,22)23)5-9-6-14-11-4-2-1-3-10(9)11/h1-4,6,12,14H,5,7-8H2,(H,16,17)(H2,18,19,20)(H2,21,22,23). The van der Waals surface area contributed by atoms with E-state index in [2.05, 4.69) is 4.98 Å². The van der Waals surface area contributed by atoms with Gasteiger partial charge in [-0.25, -0.2) is 0 Å². The minimum Gasteiger partial charge on any atom is -0.480 e. The van der Waals surface area contributed by atoms with Crippen LogP contribution < -0.4 is 0 Å². The van der Waals surface area contributed by atoms with E-state index < -0.39 is 39.8 Å². The van der Waals surface area contributed by atoms with Gasteiger partial charge in [0.15, 0.2) is 0 Å². The second kappa shape index (κ2) is 7.39. The first kappa shape index (κ1) is 19.8. The molecule has 2 rings (SSSR count). The fourth-order valence-corrected chi connectivity index (χ4v) is 4.30. The number of benzene rings is 1. The lowest BCUT2D eigenvalue weighted by Crippen LogP contribution is -2.43. The number of carboxylic acids is 1. The SMILES string of the molecule is O=C(O)C(Cc1c[nH]c2ccccc12)N(CP(=O)(O)O)CP(=O)(O)O. The van der Waals surface area contributed by atoms with Crippen molar-refractivity contribution >= 4 is 32.1 Å². The minimum atomic E-state index is -4.73. The van der Waals surface area contributed by atoms with E-state index in [1.165, 1.54) is 0 Å². The molecule has 1 atom stereocenters. The number of rotatable bonds is 8. The van der Waals surface area contributed by atoms with Crippen molar-refractivity contribution in [3.8, 4) is 0 Å². The number of aliphatic carboxylic acids is 1. The van der Waals surface area contributed by atoms with Crippen molar-refractivity contribution in [2.45, 2.75) is 12.5 Å². The van der Waals surface area contributed by atoms with Gasteiger partial charge in [-0.05, 0) is 11.6 Å². The summed E-state index contributed by atoms with van der Waals surface area (Å²) in [4.78, 5) is 51.7. The number of para-hydroxylation sites is 1. The van der Waals surface area contributed by atoms with Gasteiger partial charge in [0.05, 0.1) is 0 Å². The number of fused-ring (bicyclic) bond motifs is 1. The van der Waals surface area contributed by atoms with Crippen molar-refractivity contribution in [3.05, 3.63) is 36.0 Å². The summed E-state index contributed by atoms with van der Waals surface area (Å²) in [5.41, 5.74) is 1.31. The summed E-state index contributed by atoms with van der Waals surface area (Å²) in [6, 6.07) is 5.54. The van der Waals surface area contributed by atoms with Gasteiger partial charge < -0.3 is 29.7 Å². The molecule has 0 aliphatic carbocycles. The molecule has 0 fully saturated rings. The Morgan fingerprint density at radius 2 is 1.64 bits per heavy atom. The van der Waals surface area contributed by atoms with E-state index in [1.807, 2.05) is 0 Å². The van der Waals surface area contributed by atoms with Crippen LogP contribution in [0.3, 0.4) is 0 Å². The molecular formula is C13H18N2O8P2. The van der Waals surface area contributed by atoms with Crippen LogP contribution in [0.4, 0.5) is 0 Å². The van der Waals surface area contributed by atoms with Crippen LogP contribution in [0.25, 0.3) is 10.9 Å². The van der Waals surface area contributed by atoms with Gasteiger partial charge in [0.25, 0.3) is 0 Å². The third kappa shape index (κ3) is 5.76. The lowest BCUT2D eigenvalue weighted by molar-refractivity contribution is -0.142. The van der Waals surface area contributed by atoms with E-state index in [9.17, 15) is 19.0 Å². The summed E-state index contributed by atoms with van der Waals surface area (Å²) in [6.07, 6.45) is -0.762. The zero-order valence-corrected chi connectivity index (χ0v) is 14.7. The smallest absolute Gasteiger partial charge is 0.339 e. The lowest BCUT2D eigenvalue weighted by Gasteiger charge is -2.28. The summed E-state index contributed by atoms with van der Waals surface area (Å²) < 4.78 is 22.5. The highest BCUT2D eigenvalue weighted by Crippen LogP contribution is 2.42. The van der Waals surface area contributed by atoms with Crippen LogP contribution >= 0.6 is 15.2 Å². The molecule has 0 aliphatic rings. The highest BCUT2D eigenvalue weighted by atomic mass is 31.2. The van der Waals surface area contributed by atoms with E-state index >= 15 is 0 Å². The second-order valence-electron chi connectivity index (χ2n) is 5.62. The molecule has 138 valence electrons. The summed E-state index contributed by atoms with van der Waals surface area (Å²) in [6.45, 7) is 0. The third-order valence-corrected chi connectivity index (χ3v) is 5.01. The molecule has 10 nitrogen and oxygen atoms in total. The molecule has 12 heteroatoms. The number of nitrogens with zero attached hydrogens (tertiary/aromatic N) is 1. The van der Waals surface area contributed by atoms with E-state index in [0.29, 0.717) is 10.5 Å². The van der Waals surface area contributed by atoms with Crippen molar-refractivity contribution in [1.29, 1.82) is 0 Å². The Bertz CT molecular complexity index is 831. The van der Waals surface area contributed by atoms with Crippen LogP contribution in [0.1, 0.15) is 5.56 Å². The van der Waals surface area contributed by atoms with Gasteiger partial charge in [-0.15, -0.1) is 0 Å². The van der Waals surface area contributed by atoms with Crippen LogP contribution in [0, 0.1) is 0 Å². The number of aromatic nitrogens is 1. The molecule has 0 bridgehead atoms. The Kier molecular flexibility index (Phi) is 5.86. The van der Waals surface area contributed by atoms with Crippen molar-refractivity contribution in [2.75, 3.05) is 12.6 Å². The maximum atomic E-state index is 11.6. The molecule has 1 unspecified atom stereocenters. The highest BCUT2D eigenvalue weighted by molar-refractivity contribution is 7.52. The molecule has 2 aromatic rings. The molecule has 1 aromatic carbocycles. The Morgan fingerprint density at radius 1 is 1.08 bits per heavy atom. The average molecular weight is 392 g/mol. The second-order valence-corrected chi connectivity index (χ2v) is 8.84. The first-order valence-corrected chi connectivity index (χ1v) is 10.7. The van der Waals surface area contributed by atoms with Gasteiger partial charge in [0.2, 0.25) is 0 Å². The predicted octanol–water partition coefficient (Wildman–Crippen LogP) is 0.736. The van der Waals surface area contributed by atoms with Gasteiger partial charge in [-0.3, -0.25) is 18.8 Å². The van der Waals surface area contributed by atoms with Crippen molar-refractivity contribution in [3.63, 3.8) is 0 Å². The van der Waals surface area contributed by atoms with Crippen LogP contribution in [0.5, 0.6) is 0 Å². The normalized spacial score (nSPS) is 14.1.